The maximum Gasteiger partial charge on any atom is 0.251 e. The zero-order chi connectivity index (χ0) is 17.4. The summed E-state index contributed by atoms with van der Waals surface area (Å²) < 4.78 is 10.6. The molecule has 128 valence electrons. The number of rotatable bonds is 4. The van der Waals surface area contributed by atoms with Crippen molar-refractivity contribution >= 4 is 17.5 Å². The molecule has 6 heteroatoms. The quantitative estimate of drug-likeness (QED) is 0.865. The maximum atomic E-state index is 12.6. The van der Waals surface area contributed by atoms with Gasteiger partial charge in [-0.3, -0.25) is 9.59 Å². The molecule has 2 aromatic rings. The molecule has 1 N–H and O–H groups in total. The fourth-order valence-electron chi connectivity index (χ4n) is 3.05. The Morgan fingerprint density at radius 1 is 1.08 bits per heavy atom. The predicted molar refractivity (Wildman–Crippen MR) is 91.5 cm³/mol. The van der Waals surface area contributed by atoms with Gasteiger partial charge in [-0.1, -0.05) is 23.8 Å². The van der Waals surface area contributed by atoms with Crippen LogP contribution in [0, 0.1) is 6.92 Å². The van der Waals surface area contributed by atoms with Crippen LogP contribution in [0.2, 0.25) is 0 Å². The molecule has 0 unspecified atom stereocenters. The summed E-state index contributed by atoms with van der Waals surface area (Å²) in [6, 6.07) is 12.5. The molecule has 1 atom stereocenters. The van der Waals surface area contributed by atoms with Crippen LogP contribution in [0.3, 0.4) is 0 Å². The van der Waals surface area contributed by atoms with Crippen LogP contribution in [-0.2, 0) is 16.1 Å². The standard InChI is InChI=1S/C19H18N2O4/c1-12-2-5-14(6-3-12)21-18(22)9-15(19(21)23)20-10-13-4-7-16-17(8-13)25-11-24-16/h2-8,15,20H,9-11H2,1H3/t15-/m0/s1. The van der Waals surface area contributed by atoms with Crippen LogP contribution < -0.4 is 19.7 Å². The number of nitrogens with one attached hydrogen (secondary N) is 1. The number of nitrogens with zero attached hydrogens (tertiary/aromatic N) is 1. The molecule has 1 fully saturated rings. The summed E-state index contributed by atoms with van der Waals surface area (Å²) >= 11 is 0. The number of carbonyl (C=O) groups is 2. The number of imide groups is 1. The van der Waals surface area contributed by atoms with Crippen LogP contribution in [0.5, 0.6) is 11.5 Å². The Hall–Kier alpha value is -2.86. The molecular formula is C19H18N2O4. The van der Waals surface area contributed by atoms with E-state index >= 15 is 0 Å². The van der Waals surface area contributed by atoms with E-state index in [4.69, 9.17) is 9.47 Å². The Balaban J connectivity index is 1.44. The molecular weight excluding hydrogens is 320 g/mol. The van der Waals surface area contributed by atoms with Gasteiger partial charge in [-0.2, -0.15) is 0 Å². The second-order valence-corrected chi connectivity index (χ2v) is 6.23. The first-order valence-corrected chi connectivity index (χ1v) is 8.17. The van der Waals surface area contributed by atoms with Crippen molar-refractivity contribution < 1.29 is 19.1 Å². The van der Waals surface area contributed by atoms with Crippen LogP contribution in [0.25, 0.3) is 0 Å². The molecule has 6 nitrogen and oxygen atoms in total. The highest BCUT2D eigenvalue weighted by atomic mass is 16.7. The number of hydrogen-bond donors (Lipinski definition) is 1. The van der Waals surface area contributed by atoms with Gasteiger partial charge in [0.2, 0.25) is 12.7 Å². The minimum atomic E-state index is -0.515. The molecule has 2 aromatic carbocycles. The van der Waals surface area contributed by atoms with E-state index < -0.39 is 6.04 Å². The van der Waals surface area contributed by atoms with E-state index in [9.17, 15) is 9.59 Å². The fraction of sp³-hybridized carbons (Fsp3) is 0.263. The zero-order valence-electron chi connectivity index (χ0n) is 13.8. The van der Waals surface area contributed by atoms with Gasteiger partial charge in [-0.15, -0.1) is 0 Å². The number of carbonyl (C=O) groups excluding carboxylic acids is 2. The Kier molecular flexibility index (Phi) is 3.89. The molecule has 4 rings (SSSR count). The van der Waals surface area contributed by atoms with Crippen molar-refractivity contribution in [1.82, 2.24) is 5.32 Å². The lowest BCUT2D eigenvalue weighted by Crippen LogP contribution is -2.38. The first-order valence-electron chi connectivity index (χ1n) is 8.17. The van der Waals surface area contributed by atoms with Gasteiger partial charge in [-0.25, -0.2) is 4.90 Å². The number of amides is 2. The average Bonchev–Trinajstić information content (AvgIpc) is 3.18. The summed E-state index contributed by atoms with van der Waals surface area (Å²) in [7, 11) is 0. The van der Waals surface area contributed by atoms with Gasteiger partial charge < -0.3 is 14.8 Å². The molecule has 2 aliphatic rings. The van der Waals surface area contributed by atoms with Crippen LogP contribution in [-0.4, -0.2) is 24.6 Å². The molecule has 0 aliphatic carbocycles. The van der Waals surface area contributed by atoms with E-state index in [-0.39, 0.29) is 25.0 Å². The molecule has 0 bridgehead atoms. The highest BCUT2D eigenvalue weighted by molar-refractivity contribution is 6.22. The number of aryl methyl sites for hydroxylation is 1. The highest BCUT2D eigenvalue weighted by Crippen LogP contribution is 2.32. The SMILES string of the molecule is Cc1ccc(N2C(=O)C[C@H](NCc3ccc4c(c3)OCO4)C2=O)cc1. The van der Waals surface area contributed by atoms with Gasteiger partial charge in [0.05, 0.1) is 18.2 Å². The van der Waals surface area contributed by atoms with Crippen molar-refractivity contribution in [2.75, 3.05) is 11.7 Å². The summed E-state index contributed by atoms with van der Waals surface area (Å²) in [4.78, 5) is 26.1. The predicted octanol–water partition coefficient (Wildman–Crippen LogP) is 2.15. The number of benzene rings is 2. The van der Waals surface area contributed by atoms with Gasteiger partial charge in [0.15, 0.2) is 11.5 Å². The van der Waals surface area contributed by atoms with Gasteiger partial charge in [0, 0.05) is 6.54 Å². The first kappa shape index (κ1) is 15.7. The van der Waals surface area contributed by atoms with E-state index in [2.05, 4.69) is 5.32 Å². The third-order valence-electron chi connectivity index (χ3n) is 4.43. The number of hydrogen-bond acceptors (Lipinski definition) is 5. The fourth-order valence-corrected chi connectivity index (χ4v) is 3.05. The summed E-state index contributed by atoms with van der Waals surface area (Å²) in [6.45, 7) is 2.67. The third kappa shape index (κ3) is 2.96. The van der Waals surface area contributed by atoms with Crippen LogP contribution in [0.1, 0.15) is 17.5 Å². The van der Waals surface area contributed by atoms with Crippen molar-refractivity contribution in [2.45, 2.75) is 25.9 Å². The number of fused-ring (bicyclic) bond motifs is 1. The second kappa shape index (κ2) is 6.22. The average molecular weight is 338 g/mol. The molecule has 25 heavy (non-hydrogen) atoms. The first-order chi connectivity index (χ1) is 12.1. The molecule has 0 aromatic heterocycles. The van der Waals surface area contributed by atoms with E-state index in [1.165, 1.54) is 4.90 Å². The van der Waals surface area contributed by atoms with Crippen LogP contribution >= 0.6 is 0 Å². The number of ether oxygens (including phenoxy) is 2. The zero-order valence-corrected chi connectivity index (χ0v) is 13.8. The summed E-state index contributed by atoms with van der Waals surface area (Å²) in [5, 5.41) is 3.17. The van der Waals surface area contributed by atoms with Gasteiger partial charge in [-0.05, 0) is 36.8 Å². The maximum absolute atomic E-state index is 12.6. The van der Waals surface area contributed by atoms with Crippen LogP contribution in [0.4, 0.5) is 5.69 Å². The summed E-state index contributed by atoms with van der Waals surface area (Å²) in [6.07, 6.45) is 0.164. The van der Waals surface area contributed by atoms with Gasteiger partial charge >= 0.3 is 0 Å². The smallest absolute Gasteiger partial charge is 0.251 e. The van der Waals surface area contributed by atoms with Crippen molar-refractivity contribution in [2.24, 2.45) is 0 Å². The lowest BCUT2D eigenvalue weighted by Gasteiger charge is -2.16. The Morgan fingerprint density at radius 2 is 1.84 bits per heavy atom. The summed E-state index contributed by atoms with van der Waals surface area (Å²) in [5.74, 6) is 1.03. The van der Waals surface area contributed by atoms with Gasteiger partial charge in [0.1, 0.15) is 0 Å². The van der Waals surface area contributed by atoms with E-state index in [1.54, 1.807) is 12.1 Å². The van der Waals surface area contributed by atoms with Crippen LogP contribution in [0.15, 0.2) is 42.5 Å². The molecule has 2 heterocycles. The largest absolute Gasteiger partial charge is 0.454 e. The minimum absolute atomic E-state index is 0.164. The molecule has 2 aliphatic heterocycles. The molecule has 0 saturated carbocycles. The van der Waals surface area contributed by atoms with Crippen molar-refractivity contribution in [3.63, 3.8) is 0 Å². The monoisotopic (exact) mass is 338 g/mol. The molecule has 0 spiro atoms. The minimum Gasteiger partial charge on any atom is -0.454 e. The van der Waals surface area contributed by atoms with Crippen molar-refractivity contribution in [1.29, 1.82) is 0 Å². The molecule has 1 saturated heterocycles. The lowest BCUT2D eigenvalue weighted by molar-refractivity contribution is -0.121. The Morgan fingerprint density at radius 3 is 2.64 bits per heavy atom. The topological polar surface area (TPSA) is 67.9 Å². The normalized spacial score (nSPS) is 18.9. The van der Waals surface area contributed by atoms with Crippen molar-refractivity contribution in [3.8, 4) is 11.5 Å². The lowest BCUT2D eigenvalue weighted by atomic mass is 10.1. The van der Waals surface area contributed by atoms with E-state index in [0.29, 0.717) is 18.0 Å². The Bertz CT molecular complexity index is 832. The number of anilines is 1. The highest BCUT2D eigenvalue weighted by Gasteiger charge is 2.39. The van der Waals surface area contributed by atoms with E-state index in [0.717, 1.165) is 16.9 Å². The Labute approximate surface area is 145 Å². The molecule has 2 amide bonds. The summed E-state index contributed by atoms with van der Waals surface area (Å²) in [5.41, 5.74) is 2.67. The van der Waals surface area contributed by atoms with Gasteiger partial charge in [0.25, 0.3) is 5.91 Å². The molecule has 0 radical (unpaired) electrons. The second-order valence-electron chi connectivity index (χ2n) is 6.23. The van der Waals surface area contributed by atoms with Crippen molar-refractivity contribution in [3.05, 3.63) is 53.6 Å². The third-order valence-corrected chi connectivity index (χ3v) is 4.43. The van der Waals surface area contributed by atoms with E-state index in [1.807, 2.05) is 37.3 Å².